The van der Waals surface area contributed by atoms with E-state index in [9.17, 15) is 31.5 Å². The number of carbonyl (C=O) groups excluding carboxylic acids is 2. The van der Waals surface area contributed by atoms with Crippen LogP contribution in [0.2, 0.25) is 0 Å². The molecule has 0 aliphatic carbocycles. The normalized spacial score (nSPS) is 14.2. The molecule has 0 bridgehead atoms. The van der Waals surface area contributed by atoms with E-state index in [0.717, 1.165) is 5.01 Å². The molecular weight excluding hydrogens is 513 g/mol. The van der Waals surface area contributed by atoms with E-state index < -0.39 is 53.3 Å². The van der Waals surface area contributed by atoms with Crippen LogP contribution in [-0.4, -0.2) is 53.2 Å². The van der Waals surface area contributed by atoms with Crippen LogP contribution in [0.5, 0.6) is 5.75 Å². The molecule has 3 aromatic rings. The number of esters is 1. The summed E-state index contributed by atoms with van der Waals surface area (Å²) in [6.45, 7) is 1.53. The van der Waals surface area contributed by atoms with E-state index in [1.165, 1.54) is 22.3 Å². The topological polar surface area (TPSA) is 94.8 Å². The van der Waals surface area contributed by atoms with Gasteiger partial charge in [0.05, 0.1) is 11.6 Å². The maximum absolute atomic E-state index is 13.7. The summed E-state index contributed by atoms with van der Waals surface area (Å²) in [5, 5.41) is 6.21. The van der Waals surface area contributed by atoms with Crippen LogP contribution in [0.25, 0.3) is 11.5 Å². The van der Waals surface area contributed by atoms with Crippen LogP contribution in [0, 0.1) is 29.1 Å². The molecular formula is C22H18F5N3O5S. The number of aromatic nitrogens is 2. The summed E-state index contributed by atoms with van der Waals surface area (Å²) in [7, 11) is 0. The van der Waals surface area contributed by atoms with E-state index in [1.54, 1.807) is 12.3 Å². The molecule has 1 aliphatic rings. The first-order valence-electron chi connectivity index (χ1n) is 10.7. The second kappa shape index (κ2) is 10.6. The first-order chi connectivity index (χ1) is 17.2. The molecule has 0 atom stereocenters. The Bertz CT molecular complexity index is 1260. The van der Waals surface area contributed by atoms with Crippen molar-refractivity contribution in [3.05, 3.63) is 51.2 Å². The molecule has 192 valence electrons. The van der Waals surface area contributed by atoms with Gasteiger partial charge >= 0.3 is 5.97 Å². The van der Waals surface area contributed by atoms with E-state index >= 15 is 0 Å². The smallest absolute Gasteiger partial charge is 0.360 e. The van der Waals surface area contributed by atoms with Crippen molar-refractivity contribution >= 4 is 23.2 Å². The fraction of sp³-hybridized carbons (Fsp3) is 0.364. The molecule has 2 aromatic heterocycles. The number of amides is 1. The van der Waals surface area contributed by atoms with Crippen LogP contribution < -0.4 is 4.74 Å². The maximum atomic E-state index is 13.7. The van der Waals surface area contributed by atoms with Gasteiger partial charge in [0.15, 0.2) is 23.8 Å². The summed E-state index contributed by atoms with van der Waals surface area (Å²) in [6, 6.07) is 1.43. The summed E-state index contributed by atoms with van der Waals surface area (Å²) in [5.41, 5.74) is 0.522. The number of hydrogen-bond acceptors (Lipinski definition) is 8. The quantitative estimate of drug-likeness (QED) is 0.192. The number of halogens is 5. The van der Waals surface area contributed by atoms with Gasteiger partial charge in [0.2, 0.25) is 29.1 Å². The first kappa shape index (κ1) is 25.5. The van der Waals surface area contributed by atoms with Crippen molar-refractivity contribution < 1.29 is 45.5 Å². The average molecular weight is 531 g/mol. The van der Waals surface area contributed by atoms with Crippen LogP contribution in [0.15, 0.2) is 16.0 Å². The van der Waals surface area contributed by atoms with Crippen LogP contribution in [0.3, 0.4) is 0 Å². The van der Waals surface area contributed by atoms with Gasteiger partial charge in [-0.1, -0.05) is 5.16 Å². The summed E-state index contributed by atoms with van der Waals surface area (Å²) in [5.74, 6) is -13.3. The highest BCUT2D eigenvalue weighted by Gasteiger charge is 2.30. The highest BCUT2D eigenvalue weighted by Crippen LogP contribution is 2.33. The van der Waals surface area contributed by atoms with Crippen molar-refractivity contribution in [2.45, 2.75) is 25.7 Å². The molecule has 36 heavy (non-hydrogen) atoms. The SMILES string of the molecule is CCOC(=O)c1cc(-c2csc(C3CCN(C(=O)COc4c(F)c(F)c(F)c(F)c4F)CC3)n2)on1. The highest BCUT2D eigenvalue weighted by atomic mass is 32.1. The van der Waals surface area contributed by atoms with Crippen molar-refractivity contribution in [2.24, 2.45) is 0 Å². The summed E-state index contributed by atoms with van der Waals surface area (Å²) < 4.78 is 81.9. The number of rotatable bonds is 7. The number of piperidine rings is 1. The minimum absolute atomic E-state index is 0.0105. The fourth-order valence-corrected chi connectivity index (χ4v) is 4.58. The summed E-state index contributed by atoms with van der Waals surface area (Å²) >= 11 is 1.37. The Morgan fingerprint density at radius 2 is 1.72 bits per heavy atom. The van der Waals surface area contributed by atoms with Crippen LogP contribution >= 0.6 is 11.3 Å². The zero-order valence-corrected chi connectivity index (χ0v) is 19.5. The van der Waals surface area contributed by atoms with Gasteiger partial charge in [-0.3, -0.25) is 4.79 Å². The molecule has 0 unspecified atom stereocenters. The summed E-state index contributed by atoms with van der Waals surface area (Å²) in [6.07, 6.45) is 1.04. The Kier molecular flexibility index (Phi) is 7.52. The number of carbonyl (C=O) groups is 2. The lowest BCUT2D eigenvalue weighted by Gasteiger charge is -2.31. The number of benzene rings is 1. The third-order valence-corrected chi connectivity index (χ3v) is 6.48. The molecule has 1 saturated heterocycles. The van der Waals surface area contributed by atoms with Gasteiger partial charge in [0, 0.05) is 30.5 Å². The third-order valence-electron chi connectivity index (χ3n) is 5.48. The first-order valence-corrected chi connectivity index (χ1v) is 11.6. The van der Waals surface area contributed by atoms with E-state index in [0.29, 0.717) is 24.3 Å². The van der Waals surface area contributed by atoms with Crippen LogP contribution in [-0.2, 0) is 9.53 Å². The average Bonchev–Trinajstić information content (AvgIpc) is 3.57. The molecule has 0 radical (unpaired) electrons. The number of ether oxygens (including phenoxy) is 2. The van der Waals surface area contributed by atoms with E-state index in [1.807, 2.05) is 0 Å². The molecule has 0 N–H and O–H groups in total. The molecule has 0 spiro atoms. The maximum Gasteiger partial charge on any atom is 0.360 e. The standard InChI is InChI=1S/C22H18F5N3O5S/c1-2-33-22(32)11-7-13(35-29-11)12-9-36-21(28-12)10-3-5-30(6-4-10)14(31)8-34-20-18(26)16(24)15(23)17(25)19(20)27/h7,9-10H,2-6,8H2,1H3. The van der Waals surface area contributed by atoms with Crippen molar-refractivity contribution in [3.8, 4) is 17.2 Å². The van der Waals surface area contributed by atoms with E-state index in [2.05, 4.69) is 14.9 Å². The lowest BCUT2D eigenvalue weighted by atomic mass is 9.97. The Hall–Kier alpha value is -3.55. The predicted octanol–water partition coefficient (Wildman–Crippen LogP) is 4.46. The van der Waals surface area contributed by atoms with Crippen LogP contribution in [0.1, 0.15) is 41.2 Å². The number of hydrogen-bond donors (Lipinski definition) is 0. The largest absolute Gasteiger partial charge is 0.477 e. The number of likely N-dealkylation sites (tertiary alicyclic amines) is 1. The Balaban J connectivity index is 1.33. The zero-order chi connectivity index (χ0) is 26.0. The Morgan fingerprint density at radius 1 is 1.08 bits per heavy atom. The minimum Gasteiger partial charge on any atom is -0.477 e. The molecule has 3 heterocycles. The van der Waals surface area contributed by atoms with Gasteiger partial charge in [-0.2, -0.15) is 8.78 Å². The molecule has 1 aromatic carbocycles. The lowest BCUT2D eigenvalue weighted by molar-refractivity contribution is -0.134. The highest BCUT2D eigenvalue weighted by molar-refractivity contribution is 7.10. The second-order valence-electron chi connectivity index (χ2n) is 7.71. The van der Waals surface area contributed by atoms with Gasteiger partial charge < -0.3 is 18.9 Å². The van der Waals surface area contributed by atoms with Gasteiger partial charge in [-0.05, 0) is 19.8 Å². The van der Waals surface area contributed by atoms with Crippen LogP contribution in [0.4, 0.5) is 22.0 Å². The van der Waals surface area contributed by atoms with Gasteiger partial charge in [0.25, 0.3) is 5.91 Å². The van der Waals surface area contributed by atoms with Crippen molar-refractivity contribution in [3.63, 3.8) is 0 Å². The molecule has 1 aliphatic heterocycles. The molecule has 1 fully saturated rings. The van der Waals surface area contributed by atoms with E-state index in [-0.39, 0.29) is 31.3 Å². The monoisotopic (exact) mass is 531 g/mol. The second-order valence-corrected chi connectivity index (χ2v) is 8.60. The zero-order valence-electron chi connectivity index (χ0n) is 18.7. The van der Waals surface area contributed by atoms with Gasteiger partial charge in [-0.25, -0.2) is 22.9 Å². The number of thiazole rings is 1. The lowest BCUT2D eigenvalue weighted by Crippen LogP contribution is -2.40. The van der Waals surface area contributed by atoms with Crippen molar-refractivity contribution in [1.29, 1.82) is 0 Å². The molecule has 8 nitrogen and oxygen atoms in total. The number of nitrogens with zero attached hydrogens (tertiary/aromatic N) is 3. The predicted molar refractivity (Wildman–Crippen MR) is 114 cm³/mol. The molecule has 4 rings (SSSR count). The van der Waals surface area contributed by atoms with Crippen molar-refractivity contribution in [1.82, 2.24) is 15.0 Å². The third kappa shape index (κ3) is 5.03. The van der Waals surface area contributed by atoms with Crippen molar-refractivity contribution in [2.75, 3.05) is 26.3 Å². The van der Waals surface area contributed by atoms with E-state index in [4.69, 9.17) is 9.26 Å². The fourth-order valence-electron chi connectivity index (χ4n) is 3.60. The molecule has 0 saturated carbocycles. The Morgan fingerprint density at radius 3 is 2.36 bits per heavy atom. The van der Waals surface area contributed by atoms with Gasteiger partial charge in [-0.15, -0.1) is 11.3 Å². The minimum atomic E-state index is -2.31. The van der Waals surface area contributed by atoms with Gasteiger partial charge in [0.1, 0.15) is 5.69 Å². The Labute approximate surface area is 204 Å². The molecule has 14 heteroatoms. The summed E-state index contributed by atoms with van der Waals surface area (Å²) in [4.78, 5) is 30.0. The molecule has 1 amide bonds.